The number of carbonyl (C=O) groups is 1. The fraction of sp³-hybridized carbons (Fsp3) is 0.800. The molecule has 2 saturated heterocycles. The van der Waals surface area contributed by atoms with E-state index < -0.39 is 11.4 Å². The third-order valence-electron chi connectivity index (χ3n) is 4.52. The minimum absolute atomic E-state index is 0.307. The molecule has 0 aromatic carbocycles. The summed E-state index contributed by atoms with van der Waals surface area (Å²) in [6.07, 6.45) is 7.77. The number of hydrogen-bond acceptors (Lipinski definition) is 3. The van der Waals surface area contributed by atoms with Gasteiger partial charge < -0.3 is 14.9 Å². The van der Waals surface area contributed by atoms with E-state index in [9.17, 15) is 9.90 Å². The van der Waals surface area contributed by atoms with Crippen molar-refractivity contribution in [1.82, 2.24) is 9.80 Å². The van der Waals surface area contributed by atoms with E-state index in [0.717, 1.165) is 45.4 Å². The molecule has 0 amide bonds. The average molecular weight is 266 g/mol. The molecular formula is C15H26N2O2. The number of fused-ring (bicyclic) bond motifs is 1. The van der Waals surface area contributed by atoms with Crippen molar-refractivity contribution in [3.8, 4) is 0 Å². The molecule has 4 nitrogen and oxygen atoms in total. The molecule has 2 atom stereocenters. The first-order chi connectivity index (χ1) is 9.08. The van der Waals surface area contributed by atoms with E-state index in [-0.39, 0.29) is 0 Å². The van der Waals surface area contributed by atoms with Crippen molar-refractivity contribution in [3.63, 3.8) is 0 Å². The molecule has 2 aliphatic rings. The lowest BCUT2D eigenvalue weighted by atomic mass is 9.81. The third kappa shape index (κ3) is 3.00. The number of nitrogens with zero attached hydrogens (tertiary/aromatic N) is 2. The van der Waals surface area contributed by atoms with E-state index in [1.807, 2.05) is 7.05 Å². The molecule has 108 valence electrons. The molecule has 0 saturated carbocycles. The van der Waals surface area contributed by atoms with Crippen molar-refractivity contribution in [2.45, 2.75) is 26.2 Å². The number of carboxylic acid groups (broad SMARTS) is 1. The summed E-state index contributed by atoms with van der Waals surface area (Å²) in [7, 11) is 2.03. The smallest absolute Gasteiger partial charge is 0.312 e. The van der Waals surface area contributed by atoms with Crippen LogP contribution in [0.4, 0.5) is 0 Å². The van der Waals surface area contributed by atoms with Gasteiger partial charge in [-0.05, 0) is 32.9 Å². The van der Waals surface area contributed by atoms with Crippen molar-refractivity contribution in [2.75, 3.05) is 39.8 Å². The minimum atomic E-state index is -0.602. The lowest BCUT2D eigenvalue weighted by Gasteiger charge is -2.24. The Labute approximate surface area is 116 Å². The maximum Gasteiger partial charge on any atom is 0.312 e. The Bertz CT molecular complexity index is 356. The summed E-state index contributed by atoms with van der Waals surface area (Å²) in [5.74, 6) is -0.295. The lowest BCUT2D eigenvalue weighted by molar-refractivity contribution is -0.148. The molecule has 2 heterocycles. The van der Waals surface area contributed by atoms with Gasteiger partial charge in [-0.15, -0.1) is 0 Å². The highest BCUT2D eigenvalue weighted by atomic mass is 16.4. The number of aliphatic carboxylic acids is 1. The van der Waals surface area contributed by atoms with Gasteiger partial charge in [-0.2, -0.15) is 0 Å². The quantitative estimate of drug-likeness (QED) is 0.587. The molecule has 0 aromatic rings. The highest BCUT2D eigenvalue weighted by Crippen LogP contribution is 2.42. The normalized spacial score (nSPS) is 32.2. The molecule has 2 fully saturated rings. The molecule has 19 heavy (non-hydrogen) atoms. The van der Waals surface area contributed by atoms with Crippen molar-refractivity contribution < 1.29 is 9.90 Å². The fourth-order valence-electron chi connectivity index (χ4n) is 3.61. The summed E-state index contributed by atoms with van der Waals surface area (Å²) >= 11 is 0. The van der Waals surface area contributed by atoms with Crippen LogP contribution in [0.25, 0.3) is 0 Å². The third-order valence-corrected chi connectivity index (χ3v) is 4.52. The summed E-state index contributed by atoms with van der Waals surface area (Å²) in [5.41, 5.74) is -0.506. The zero-order chi connectivity index (χ0) is 13.9. The summed E-state index contributed by atoms with van der Waals surface area (Å²) in [6, 6.07) is 0. The summed E-state index contributed by atoms with van der Waals surface area (Å²) in [4.78, 5) is 16.2. The number of hydrogen-bond donors (Lipinski definition) is 1. The topological polar surface area (TPSA) is 43.8 Å². The first kappa shape index (κ1) is 14.5. The predicted octanol–water partition coefficient (Wildman–Crippen LogP) is 1.68. The molecular weight excluding hydrogens is 240 g/mol. The van der Waals surface area contributed by atoms with Crippen LogP contribution >= 0.6 is 0 Å². The Hall–Kier alpha value is -0.870. The SMILES string of the molecule is CC/C=C\CCCN1C[C@@H]2CN(C)C[C@]2(C(=O)O)C1. The Morgan fingerprint density at radius 2 is 2.16 bits per heavy atom. The minimum Gasteiger partial charge on any atom is -0.481 e. The van der Waals surface area contributed by atoms with E-state index in [2.05, 4.69) is 28.9 Å². The molecule has 0 unspecified atom stereocenters. The highest BCUT2D eigenvalue weighted by molar-refractivity contribution is 5.77. The molecule has 2 aliphatic heterocycles. The van der Waals surface area contributed by atoms with Crippen LogP contribution in [0.5, 0.6) is 0 Å². The number of allylic oxidation sites excluding steroid dienone is 2. The standard InChI is InChI=1S/C15H26N2O2/c1-3-4-5-6-7-8-17-10-13-9-16(2)11-15(13,12-17)14(18)19/h4-5,13H,3,6-12H2,1-2H3,(H,18,19)/b5-4-/t13-,15-/m0/s1. The first-order valence-corrected chi connectivity index (χ1v) is 7.38. The molecule has 4 heteroatoms. The van der Waals surface area contributed by atoms with Gasteiger partial charge >= 0.3 is 5.97 Å². The van der Waals surface area contributed by atoms with Crippen LogP contribution in [0.1, 0.15) is 26.2 Å². The Morgan fingerprint density at radius 3 is 2.79 bits per heavy atom. The molecule has 0 spiro atoms. The second-order valence-electron chi connectivity index (χ2n) is 6.11. The second kappa shape index (κ2) is 6.06. The van der Waals surface area contributed by atoms with Gasteiger partial charge in [-0.3, -0.25) is 4.79 Å². The summed E-state index contributed by atoms with van der Waals surface area (Å²) in [5, 5.41) is 9.59. The Kier molecular flexibility index (Phi) is 4.63. The van der Waals surface area contributed by atoms with Crippen LogP contribution in [0.2, 0.25) is 0 Å². The summed E-state index contributed by atoms with van der Waals surface area (Å²) in [6.45, 7) is 6.50. The summed E-state index contributed by atoms with van der Waals surface area (Å²) < 4.78 is 0. The molecule has 0 aliphatic carbocycles. The predicted molar refractivity (Wildman–Crippen MR) is 76.2 cm³/mol. The molecule has 2 rings (SSSR count). The van der Waals surface area contributed by atoms with Crippen molar-refractivity contribution >= 4 is 5.97 Å². The monoisotopic (exact) mass is 266 g/mol. The highest BCUT2D eigenvalue weighted by Gasteiger charge is 2.56. The van der Waals surface area contributed by atoms with Crippen LogP contribution in [0.15, 0.2) is 12.2 Å². The fourth-order valence-corrected chi connectivity index (χ4v) is 3.61. The number of unbranched alkanes of at least 4 members (excludes halogenated alkanes) is 1. The van der Waals surface area contributed by atoms with Crippen LogP contribution in [0.3, 0.4) is 0 Å². The zero-order valence-electron chi connectivity index (χ0n) is 12.1. The molecule has 0 radical (unpaired) electrons. The van der Waals surface area contributed by atoms with Gasteiger partial charge in [0.2, 0.25) is 0 Å². The van der Waals surface area contributed by atoms with Crippen LogP contribution in [0, 0.1) is 11.3 Å². The van der Waals surface area contributed by atoms with Gasteiger partial charge in [0.25, 0.3) is 0 Å². The zero-order valence-corrected chi connectivity index (χ0v) is 12.1. The van der Waals surface area contributed by atoms with Gasteiger partial charge in [-0.1, -0.05) is 19.1 Å². The second-order valence-corrected chi connectivity index (χ2v) is 6.11. The van der Waals surface area contributed by atoms with E-state index in [4.69, 9.17) is 0 Å². The molecule has 0 aromatic heterocycles. The van der Waals surface area contributed by atoms with E-state index in [1.165, 1.54) is 0 Å². The lowest BCUT2D eigenvalue weighted by Crippen LogP contribution is -2.40. The van der Waals surface area contributed by atoms with E-state index in [0.29, 0.717) is 12.5 Å². The Morgan fingerprint density at radius 1 is 1.37 bits per heavy atom. The Balaban J connectivity index is 1.85. The first-order valence-electron chi connectivity index (χ1n) is 7.38. The van der Waals surface area contributed by atoms with Crippen LogP contribution in [-0.2, 0) is 4.79 Å². The number of carboxylic acids is 1. The average Bonchev–Trinajstić information content (AvgIpc) is 2.82. The van der Waals surface area contributed by atoms with Crippen molar-refractivity contribution in [2.24, 2.45) is 11.3 Å². The van der Waals surface area contributed by atoms with Gasteiger partial charge in [0.05, 0.1) is 5.41 Å². The van der Waals surface area contributed by atoms with Gasteiger partial charge in [0, 0.05) is 32.1 Å². The van der Waals surface area contributed by atoms with Gasteiger partial charge in [0.1, 0.15) is 0 Å². The van der Waals surface area contributed by atoms with Crippen LogP contribution < -0.4 is 0 Å². The number of likely N-dealkylation sites (tertiary alicyclic amines) is 2. The molecule has 1 N–H and O–H groups in total. The molecule has 0 bridgehead atoms. The van der Waals surface area contributed by atoms with Gasteiger partial charge in [0.15, 0.2) is 0 Å². The maximum absolute atomic E-state index is 11.6. The van der Waals surface area contributed by atoms with Gasteiger partial charge in [-0.25, -0.2) is 0 Å². The van der Waals surface area contributed by atoms with Crippen molar-refractivity contribution in [1.29, 1.82) is 0 Å². The van der Waals surface area contributed by atoms with Crippen LogP contribution in [-0.4, -0.2) is 60.6 Å². The maximum atomic E-state index is 11.6. The number of rotatable bonds is 6. The van der Waals surface area contributed by atoms with E-state index in [1.54, 1.807) is 0 Å². The van der Waals surface area contributed by atoms with E-state index >= 15 is 0 Å². The van der Waals surface area contributed by atoms with Crippen molar-refractivity contribution in [3.05, 3.63) is 12.2 Å². The largest absolute Gasteiger partial charge is 0.481 e.